The predicted octanol–water partition coefficient (Wildman–Crippen LogP) is 9.03. The second kappa shape index (κ2) is 12.6. The van der Waals surface area contributed by atoms with Crippen molar-refractivity contribution in [1.82, 2.24) is 0 Å². The Kier molecular flexibility index (Phi) is 9.80. The van der Waals surface area contributed by atoms with E-state index in [0.717, 1.165) is 49.0 Å². The third kappa shape index (κ3) is 7.88. The van der Waals surface area contributed by atoms with Gasteiger partial charge in [-0.2, -0.15) is 8.78 Å². The maximum atomic E-state index is 14.0. The summed E-state index contributed by atoms with van der Waals surface area (Å²) in [6.45, 7) is -0.711. The molecular weight excluding hydrogens is 397 g/mol. The third-order valence-electron chi connectivity index (χ3n) is 7.50. The van der Waals surface area contributed by atoms with E-state index in [9.17, 15) is 13.2 Å². The maximum Gasteiger partial charge on any atom is 0.387 e. The Labute approximate surface area is 186 Å². The third-order valence-corrected chi connectivity index (χ3v) is 7.50. The monoisotopic (exact) mass is 436 g/mol. The maximum absolute atomic E-state index is 14.0. The molecule has 174 valence electrons. The zero-order chi connectivity index (χ0) is 22.1. The van der Waals surface area contributed by atoms with E-state index in [1.807, 2.05) is 0 Å². The molecule has 3 rings (SSSR count). The molecule has 2 aliphatic rings. The molecule has 1 aromatic carbocycles. The Morgan fingerprint density at radius 1 is 0.968 bits per heavy atom. The van der Waals surface area contributed by atoms with Crippen molar-refractivity contribution in [1.29, 1.82) is 0 Å². The molecule has 0 N–H and O–H groups in total. The van der Waals surface area contributed by atoms with Crippen molar-refractivity contribution in [2.75, 3.05) is 0 Å². The first-order valence-electron chi connectivity index (χ1n) is 12.5. The van der Waals surface area contributed by atoms with Crippen LogP contribution in [0.15, 0.2) is 30.4 Å². The quantitative estimate of drug-likeness (QED) is 0.332. The van der Waals surface area contributed by atoms with Gasteiger partial charge in [-0.25, -0.2) is 4.39 Å². The molecule has 0 heterocycles. The smallest absolute Gasteiger partial charge is 0.387 e. The van der Waals surface area contributed by atoms with Gasteiger partial charge < -0.3 is 4.74 Å². The topological polar surface area (TPSA) is 9.23 Å². The molecule has 0 aromatic heterocycles. The fourth-order valence-electron chi connectivity index (χ4n) is 5.53. The number of allylic oxidation sites excluding steroid dienone is 2. The SMILES string of the molecule is CCCCC1CCC(/C=C/CCC2CCC(c3ccc(OC(F)F)c(F)c3)CC2)CC1. The van der Waals surface area contributed by atoms with Crippen LogP contribution in [0.1, 0.15) is 102 Å². The molecule has 0 aliphatic heterocycles. The van der Waals surface area contributed by atoms with E-state index in [1.54, 1.807) is 6.07 Å². The summed E-state index contributed by atoms with van der Waals surface area (Å²) >= 11 is 0. The minimum absolute atomic E-state index is 0.324. The summed E-state index contributed by atoms with van der Waals surface area (Å²) in [5, 5.41) is 0. The molecule has 2 aliphatic carbocycles. The van der Waals surface area contributed by atoms with Gasteiger partial charge in [-0.3, -0.25) is 0 Å². The summed E-state index contributed by atoms with van der Waals surface area (Å²) in [5.41, 5.74) is 0.909. The lowest BCUT2D eigenvalue weighted by molar-refractivity contribution is -0.0522. The van der Waals surface area contributed by atoms with Gasteiger partial charge in [-0.1, -0.05) is 44.4 Å². The first-order valence-corrected chi connectivity index (χ1v) is 12.5. The van der Waals surface area contributed by atoms with Gasteiger partial charge in [0.15, 0.2) is 11.6 Å². The number of benzene rings is 1. The van der Waals surface area contributed by atoms with Crippen molar-refractivity contribution < 1.29 is 17.9 Å². The second-order valence-corrected chi connectivity index (χ2v) is 9.71. The first-order chi connectivity index (χ1) is 15.0. The number of ether oxygens (including phenoxy) is 1. The molecule has 1 nitrogen and oxygen atoms in total. The molecule has 0 atom stereocenters. The van der Waals surface area contributed by atoms with Gasteiger partial charge in [-0.15, -0.1) is 0 Å². The number of hydrogen-bond donors (Lipinski definition) is 0. The fraction of sp³-hybridized carbons (Fsp3) is 0.704. The summed E-state index contributed by atoms with van der Waals surface area (Å²) in [6.07, 6.45) is 21.4. The molecule has 0 radical (unpaired) electrons. The Morgan fingerprint density at radius 3 is 2.29 bits per heavy atom. The number of unbranched alkanes of at least 4 members (excludes halogenated alkanes) is 1. The van der Waals surface area contributed by atoms with Crippen molar-refractivity contribution in [3.8, 4) is 5.75 Å². The van der Waals surface area contributed by atoms with Crippen molar-refractivity contribution in [3.63, 3.8) is 0 Å². The zero-order valence-electron chi connectivity index (χ0n) is 19.0. The molecule has 0 saturated heterocycles. The van der Waals surface area contributed by atoms with E-state index in [4.69, 9.17) is 0 Å². The Morgan fingerprint density at radius 2 is 1.65 bits per heavy atom. The summed E-state index contributed by atoms with van der Waals surface area (Å²) in [6, 6.07) is 4.46. The van der Waals surface area contributed by atoms with E-state index < -0.39 is 12.4 Å². The van der Waals surface area contributed by atoms with Gasteiger partial charge in [0.2, 0.25) is 0 Å². The lowest BCUT2D eigenvalue weighted by Gasteiger charge is -2.29. The van der Waals surface area contributed by atoms with Crippen LogP contribution in [0.4, 0.5) is 13.2 Å². The lowest BCUT2D eigenvalue weighted by Crippen LogP contribution is -2.14. The van der Waals surface area contributed by atoms with Crippen LogP contribution in [0, 0.1) is 23.6 Å². The van der Waals surface area contributed by atoms with Gasteiger partial charge in [-0.05, 0) is 106 Å². The normalized spacial score (nSPS) is 27.1. The summed E-state index contributed by atoms with van der Waals surface area (Å²) in [5.74, 6) is 1.78. The number of hydrogen-bond acceptors (Lipinski definition) is 1. The largest absolute Gasteiger partial charge is 0.432 e. The van der Waals surface area contributed by atoms with Crippen LogP contribution in [0.25, 0.3) is 0 Å². The van der Waals surface area contributed by atoms with E-state index in [1.165, 1.54) is 69.9 Å². The number of halogens is 3. The highest BCUT2D eigenvalue weighted by molar-refractivity contribution is 5.31. The highest BCUT2D eigenvalue weighted by atomic mass is 19.3. The highest BCUT2D eigenvalue weighted by Crippen LogP contribution is 2.39. The van der Waals surface area contributed by atoms with Crippen molar-refractivity contribution in [2.45, 2.75) is 103 Å². The van der Waals surface area contributed by atoms with E-state index in [-0.39, 0.29) is 5.75 Å². The van der Waals surface area contributed by atoms with Crippen molar-refractivity contribution in [2.24, 2.45) is 17.8 Å². The van der Waals surface area contributed by atoms with Crippen LogP contribution < -0.4 is 4.74 Å². The Balaban J connectivity index is 1.33. The minimum atomic E-state index is -2.99. The first kappa shape index (κ1) is 24.2. The molecule has 0 spiro atoms. The van der Waals surface area contributed by atoms with Gasteiger partial charge in [0.1, 0.15) is 0 Å². The molecular formula is C27H39F3O. The van der Waals surface area contributed by atoms with Crippen molar-refractivity contribution >= 4 is 0 Å². The van der Waals surface area contributed by atoms with Crippen LogP contribution in [0.5, 0.6) is 5.75 Å². The van der Waals surface area contributed by atoms with Gasteiger partial charge in [0.05, 0.1) is 0 Å². The second-order valence-electron chi connectivity index (χ2n) is 9.71. The van der Waals surface area contributed by atoms with Gasteiger partial charge in [0, 0.05) is 0 Å². The predicted molar refractivity (Wildman–Crippen MR) is 121 cm³/mol. The number of alkyl halides is 2. The molecule has 0 unspecified atom stereocenters. The van der Waals surface area contributed by atoms with E-state index in [0.29, 0.717) is 5.92 Å². The molecule has 0 amide bonds. The van der Waals surface area contributed by atoms with Crippen LogP contribution in [0.3, 0.4) is 0 Å². The minimum Gasteiger partial charge on any atom is -0.432 e. The Hall–Kier alpha value is -1.45. The fourth-order valence-corrected chi connectivity index (χ4v) is 5.53. The molecule has 4 heteroatoms. The van der Waals surface area contributed by atoms with Crippen LogP contribution in [0.2, 0.25) is 0 Å². The molecule has 2 saturated carbocycles. The van der Waals surface area contributed by atoms with Crippen molar-refractivity contribution in [3.05, 3.63) is 41.7 Å². The summed E-state index contributed by atoms with van der Waals surface area (Å²) < 4.78 is 42.8. The average molecular weight is 437 g/mol. The summed E-state index contributed by atoms with van der Waals surface area (Å²) in [4.78, 5) is 0. The summed E-state index contributed by atoms with van der Waals surface area (Å²) in [7, 11) is 0. The van der Waals surface area contributed by atoms with E-state index >= 15 is 0 Å². The van der Waals surface area contributed by atoms with E-state index in [2.05, 4.69) is 23.8 Å². The lowest BCUT2D eigenvalue weighted by atomic mass is 9.77. The molecule has 31 heavy (non-hydrogen) atoms. The van der Waals surface area contributed by atoms with Crippen LogP contribution >= 0.6 is 0 Å². The average Bonchev–Trinajstić information content (AvgIpc) is 2.77. The highest BCUT2D eigenvalue weighted by Gasteiger charge is 2.23. The molecule has 0 bridgehead atoms. The van der Waals surface area contributed by atoms with Gasteiger partial charge in [0.25, 0.3) is 0 Å². The molecule has 2 fully saturated rings. The van der Waals surface area contributed by atoms with Crippen LogP contribution in [-0.4, -0.2) is 6.61 Å². The Bertz CT molecular complexity index is 671. The van der Waals surface area contributed by atoms with Gasteiger partial charge >= 0.3 is 6.61 Å². The van der Waals surface area contributed by atoms with Crippen LogP contribution in [-0.2, 0) is 0 Å². The molecule has 1 aromatic rings. The standard InChI is InChI=1S/C27H39F3O/c1-2-3-6-20-9-11-21(12-10-20)7-4-5-8-22-13-15-23(16-14-22)24-17-18-26(25(28)19-24)31-27(29)30/h4,7,17-23,27H,2-3,5-6,8-16H2,1H3/b7-4+. The number of rotatable bonds is 10. The zero-order valence-corrected chi connectivity index (χ0v) is 19.0.